The van der Waals surface area contributed by atoms with Gasteiger partial charge in [-0.3, -0.25) is 9.59 Å². The van der Waals surface area contributed by atoms with Crippen LogP contribution in [0.3, 0.4) is 0 Å². The molecule has 0 fully saturated rings. The zero-order valence-electron chi connectivity index (χ0n) is 15.2. The first-order chi connectivity index (χ1) is 13.1. The minimum Gasteiger partial charge on any atom is -0.497 e. The van der Waals surface area contributed by atoms with E-state index < -0.39 is 0 Å². The van der Waals surface area contributed by atoms with Gasteiger partial charge in [0.1, 0.15) is 16.9 Å². The first-order valence-corrected chi connectivity index (χ1v) is 9.56. The normalized spacial score (nSPS) is 16.2. The van der Waals surface area contributed by atoms with Gasteiger partial charge in [0.15, 0.2) is 0 Å². The maximum Gasteiger partial charge on any atom is 0.248 e. The molecule has 0 saturated heterocycles. The van der Waals surface area contributed by atoms with Crippen molar-refractivity contribution in [2.75, 3.05) is 18.2 Å². The average Bonchev–Trinajstić information content (AvgIpc) is 2.94. The van der Waals surface area contributed by atoms with Crippen molar-refractivity contribution < 1.29 is 14.3 Å². The average molecular weight is 383 g/mol. The number of ether oxygens (including phenoxy) is 1. The second-order valence-corrected chi connectivity index (χ2v) is 7.20. The molecule has 2 amide bonds. The molecule has 1 unspecified atom stereocenters. The number of nitrogens with one attached hydrogen (secondary N) is 1. The van der Waals surface area contributed by atoms with Gasteiger partial charge in [-0.2, -0.15) is 0 Å². The smallest absolute Gasteiger partial charge is 0.248 e. The summed E-state index contributed by atoms with van der Waals surface area (Å²) in [6.07, 6.45) is 3.26. The number of amides is 2. The van der Waals surface area contributed by atoms with Gasteiger partial charge in [0.05, 0.1) is 12.9 Å². The summed E-state index contributed by atoms with van der Waals surface area (Å²) >= 11 is 1.43. The Hall–Kier alpha value is -2.80. The summed E-state index contributed by atoms with van der Waals surface area (Å²) in [5.41, 5.74) is 1.96. The number of nitrogens with zero attached hydrogens (tertiary/aromatic N) is 2. The molecular weight excluding hydrogens is 362 g/mol. The molecule has 140 valence electrons. The molecule has 27 heavy (non-hydrogen) atoms. The SMILES string of the molecule is COc1ccc(CN2C(=O)C=C(C)C2SCC(=O)Nc2ccccn2)cc1. The van der Waals surface area contributed by atoms with Gasteiger partial charge in [0, 0.05) is 18.8 Å². The predicted molar refractivity (Wildman–Crippen MR) is 106 cm³/mol. The van der Waals surface area contributed by atoms with E-state index in [-0.39, 0.29) is 22.9 Å². The van der Waals surface area contributed by atoms with Crippen molar-refractivity contribution in [2.45, 2.75) is 18.8 Å². The molecule has 0 spiro atoms. The number of benzene rings is 1. The van der Waals surface area contributed by atoms with Crippen molar-refractivity contribution in [1.82, 2.24) is 9.88 Å². The van der Waals surface area contributed by atoms with Gasteiger partial charge in [0.2, 0.25) is 11.8 Å². The lowest BCUT2D eigenvalue weighted by molar-refractivity contribution is -0.125. The molecule has 0 bridgehead atoms. The van der Waals surface area contributed by atoms with E-state index in [1.54, 1.807) is 36.4 Å². The molecule has 1 N–H and O–H groups in total. The van der Waals surface area contributed by atoms with Crippen molar-refractivity contribution in [3.8, 4) is 5.75 Å². The lowest BCUT2D eigenvalue weighted by Gasteiger charge is -2.26. The zero-order chi connectivity index (χ0) is 19.2. The van der Waals surface area contributed by atoms with Gasteiger partial charge in [0.25, 0.3) is 0 Å². The Kier molecular flexibility index (Phi) is 6.13. The number of carbonyl (C=O) groups is 2. The Morgan fingerprint density at radius 2 is 2.04 bits per heavy atom. The second-order valence-electron chi connectivity index (χ2n) is 6.13. The highest BCUT2D eigenvalue weighted by Crippen LogP contribution is 2.30. The monoisotopic (exact) mass is 383 g/mol. The number of rotatable bonds is 7. The summed E-state index contributed by atoms with van der Waals surface area (Å²) in [6.45, 7) is 2.40. The molecule has 1 aromatic carbocycles. The molecule has 0 saturated carbocycles. The third kappa shape index (κ3) is 4.89. The highest BCUT2D eigenvalue weighted by Gasteiger charge is 2.31. The lowest BCUT2D eigenvalue weighted by Crippen LogP contribution is -2.33. The highest BCUT2D eigenvalue weighted by molar-refractivity contribution is 8.00. The van der Waals surface area contributed by atoms with Crippen molar-refractivity contribution in [3.05, 3.63) is 65.9 Å². The third-order valence-electron chi connectivity index (χ3n) is 4.12. The van der Waals surface area contributed by atoms with Crippen LogP contribution in [0.4, 0.5) is 5.82 Å². The summed E-state index contributed by atoms with van der Waals surface area (Å²) in [5.74, 6) is 1.35. The minimum absolute atomic E-state index is 0.0362. The lowest BCUT2D eigenvalue weighted by atomic mass is 10.2. The van der Waals surface area contributed by atoms with E-state index in [1.165, 1.54) is 11.8 Å². The van der Waals surface area contributed by atoms with Crippen LogP contribution in [0.5, 0.6) is 5.75 Å². The van der Waals surface area contributed by atoms with Crippen LogP contribution in [-0.2, 0) is 16.1 Å². The van der Waals surface area contributed by atoms with E-state index in [1.807, 2.05) is 37.3 Å². The van der Waals surface area contributed by atoms with Crippen LogP contribution in [0.15, 0.2) is 60.3 Å². The van der Waals surface area contributed by atoms with E-state index in [9.17, 15) is 9.59 Å². The van der Waals surface area contributed by atoms with E-state index in [0.717, 1.165) is 16.9 Å². The number of thioether (sulfide) groups is 1. The molecule has 0 aliphatic carbocycles. The number of hydrogen-bond acceptors (Lipinski definition) is 5. The van der Waals surface area contributed by atoms with Gasteiger partial charge in [-0.1, -0.05) is 18.2 Å². The molecule has 2 heterocycles. The van der Waals surface area contributed by atoms with Crippen molar-refractivity contribution in [1.29, 1.82) is 0 Å². The number of methoxy groups -OCH3 is 1. The Morgan fingerprint density at radius 3 is 2.70 bits per heavy atom. The summed E-state index contributed by atoms with van der Waals surface area (Å²) in [5, 5.41) is 2.60. The van der Waals surface area contributed by atoms with Gasteiger partial charge in [-0.05, 0) is 42.3 Å². The van der Waals surface area contributed by atoms with Crippen LogP contribution in [0.1, 0.15) is 12.5 Å². The zero-order valence-corrected chi connectivity index (χ0v) is 16.0. The molecular formula is C20H21N3O3S. The fourth-order valence-electron chi connectivity index (χ4n) is 2.79. The maximum absolute atomic E-state index is 12.4. The van der Waals surface area contributed by atoms with Gasteiger partial charge in [-0.15, -0.1) is 11.8 Å². The van der Waals surface area contributed by atoms with E-state index in [2.05, 4.69) is 10.3 Å². The van der Waals surface area contributed by atoms with E-state index in [4.69, 9.17) is 4.74 Å². The molecule has 1 aliphatic rings. The third-order valence-corrected chi connectivity index (χ3v) is 5.49. The Labute approximate surface area is 162 Å². The summed E-state index contributed by atoms with van der Waals surface area (Å²) in [7, 11) is 1.62. The molecule has 1 aromatic heterocycles. The summed E-state index contributed by atoms with van der Waals surface area (Å²) in [6, 6.07) is 13.0. The second kappa shape index (κ2) is 8.73. The molecule has 0 radical (unpaired) electrons. The van der Waals surface area contributed by atoms with E-state index in [0.29, 0.717) is 12.4 Å². The fourth-order valence-corrected chi connectivity index (χ4v) is 3.86. The van der Waals surface area contributed by atoms with Gasteiger partial charge < -0.3 is 15.0 Å². The molecule has 6 nitrogen and oxygen atoms in total. The molecule has 2 aromatic rings. The van der Waals surface area contributed by atoms with Crippen LogP contribution in [0.25, 0.3) is 0 Å². The Balaban J connectivity index is 1.60. The van der Waals surface area contributed by atoms with Crippen molar-refractivity contribution >= 4 is 29.4 Å². The quantitative estimate of drug-likeness (QED) is 0.796. The summed E-state index contributed by atoms with van der Waals surface area (Å²) in [4.78, 5) is 30.4. The largest absolute Gasteiger partial charge is 0.497 e. The standard InChI is InChI=1S/C20H21N3O3S/c1-14-11-19(25)23(12-15-6-8-16(26-2)9-7-15)20(14)27-13-18(24)22-17-5-3-4-10-21-17/h3-11,20H,12-13H2,1-2H3,(H,21,22,24). The van der Waals surface area contributed by atoms with Crippen LogP contribution < -0.4 is 10.1 Å². The molecule has 3 rings (SSSR count). The number of pyridine rings is 1. The summed E-state index contributed by atoms with van der Waals surface area (Å²) < 4.78 is 5.17. The van der Waals surface area contributed by atoms with Gasteiger partial charge in [-0.25, -0.2) is 4.98 Å². The molecule has 1 atom stereocenters. The van der Waals surface area contributed by atoms with Crippen LogP contribution in [0.2, 0.25) is 0 Å². The number of carbonyl (C=O) groups excluding carboxylic acids is 2. The first-order valence-electron chi connectivity index (χ1n) is 8.51. The topological polar surface area (TPSA) is 71.5 Å². The van der Waals surface area contributed by atoms with Gasteiger partial charge >= 0.3 is 0 Å². The molecule has 7 heteroatoms. The van der Waals surface area contributed by atoms with Crippen molar-refractivity contribution in [3.63, 3.8) is 0 Å². The number of hydrogen-bond donors (Lipinski definition) is 1. The van der Waals surface area contributed by atoms with Crippen molar-refractivity contribution in [2.24, 2.45) is 0 Å². The minimum atomic E-state index is -0.158. The predicted octanol–water partition coefficient (Wildman–Crippen LogP) is 3.08. The Morgan fingerprint density at radius 1 is 1.26 bits per heavy atom. The fraction of sp³-hybridized carbons (Fsp3) is 0.250. The first kappa shape index (κ1) is 19.0. The number of aromatic nitrogens is 1. The highest BCUT2D eigenvalue weighted by atomic mass is 32.2. The van der Waals surface area contributed by atoms with Crippen LogP contribution >= 0.6 is 11.8 Å². The number of anilines is 1. The van der Waals surface area contributed by atoms with Crippen LogP contribution in [-0.4, -0.2) is 39.9 Å². The maximum atomic E-state index is 12.4. The Bertz CT molecular complexity index is 837. The van der Waals surface area contributed by atoms with E-state index >= 15 is 0 Å². The van der Waals surface area contributed by atoms with Crippen LogP contribution in [0, 0.1) is 0 Å². The molecule has 1 aliphatic heterocycles.